The van der Waals surface area contributed by atoms with Crippen LogP contribution >= 0.6 is 0 Å². The van der Waals surface area contributed by atoms with Gasteiger partial charge in [0.2, 0.25) is 0 Å². The van der Waals surface area contributed by atoms with Gasteiger partial charge < -0.3 is 10.6 Å². The summed E-state index contributed by atoms with van der Waals surface area (Å²) < 4.78 is 0. The van der Waals surface area contributed by atoms with Gasteiger partial charge in [0.15, 0.2) is 5.96 Å². The normalized spacial score (nSPS) is 14.0. The number of hydrogen-bond donors (Lipinski definition) is 2. The Bertz CT molecular complexity index is 188. The fourth-order valence-corrected chi connectivity index (χ4v) is 1.35. The highest BCUT2D eigenvalue weighted by atomic mass is 15.2. The van der Waals surface area contributed by atoms with Crippen molar-refractivity contribution in [2.24, 2.45) is 10.9 Å². The minimum absolute atomic E-state index is 0.489. The van der Waals surface area contributed by atoms with Crippen LogP contribution in [-0.4, -0.2) is 25.1 Å². The van der Waals surface area contributed by atoms with E-state index in [-0.39, 0.29) is 0 Å². The minimum atomic E-state index is 0.489. The summed E-state index contributed by atoms with van der Waals surface area (Å²) in [5.74, 6) is 1.74. The summed E-state index contributed by atoms with van der Waals surface area (Å²) in [6.07, 6.45) is 3.55. The molecule has 0 aliphatic rings. The number of nitrogens with zero attached hydrogens (tertiary/aromatic N) is 1. The van der Waals surface area contributed by atoms with Crippen LogP contribution in [0.1, 0.15) is 53.9 Å². The average Bonchev–Trinajstić information content (AvgIpc) is 2.24. The van der Waals surface area contributed by atoms with E-state index in [1.807, 2.05) is 0 Å². The lowest BCUT2D eigenvalue weighted by Gasteiger charge is -2.16. The van der Waals surface area contributed by atoms with Gasteiger partial charge in [-0.05, 0) is 39.0 Å². The molecule has 0 spiro atoms. The van der Waals surface area contributed by atoms with Crippen LogP contribution in [0.5, 0.6) is 0 Å². The Morgan fingerprint density at radius 3 is 2.38 bits per heavy atom. The van der Waals surface area contributed by atoms with Crippen LogP contribution < -0.4 is 10.6 Å². The average molecular weight is 227 g/mol. The molecule has 1 unspecified atom stereocenters. The number of rotatable bonds is 7. The Morgan fingerprint density at radius 1 is 1.19 bits per heavy atom. The summed E-state index contributed by atoms with van der Waals surface area (Å²) in [5, 5.41) is 6.67. The van der Waals surface area contributed by atoms with Gasteiger partial charge in [0.25, 0.3) is 0 Å². The number of aliphatic imine (C=N–C) groups is 1. The Kier molecular flexibility index (Phi) is 9.06. The predicted molar refractivity (Wildman–Crippen MR) is 72.9 cm³/mol. The Labute approximate surface area is 101 Å². The highest BCUT2D eigenvalue weighted by molar-refractivity contribution is 5.79. The van der Waals surface area contributed by atoms with Crippen LogP contribution in [-0.2, 0) is 0 Å². The van der Waals surface area contributed by atoms with Gasteiger partial charge in [-0.1, -0.05) is 20.8 Å². The molecule has 0 saturated heterocycles. The summed E-state index contributed by atoms with van der Waals surface area (Å²) in [5.41, 5.74) is 0. The van der Waals surface area contributed by atoms with Gasteiger partial charge in [-0.3, -0.25) is 4.99 Å². The predicted octanol–water partition coefficient (Wildman–Crippen LogP) is 2.78. The van der Waals surface area contributed by atoms with E-state index in [2.05, 4.69) is 50.2 Å². The molecule has 0 rings (SSSR count). The molecule has 0 fully saturated rings. The first-order valence-electron chi connectivity index (χ1n) is 6.64. The third-order valence-electron chi connectivity index (χ3n) is 2.55. The second-order valence-corrected chi connectivity index (χ2v) is 4.75. The molecule has 0 bridgehead atoms. The molecule has 0 radical (unpaired) electrons. The lowest BCUT2D eigenvalue weighted by Crippen LogP contribution is -2.42. The van der Waals surface area contributed by atoms with Crippen molar-refractivity contribution in [1.29, 1.82) is 0 Å². The van der Waals surface area contributed by atoms with E-state index in [9.17, 15) is 0 Å². The molecule has 0 aromatic rings. The van der Waals surface area contributed by atoms with E-state index in [0.29, 0.717) is 6.04 Å². The molecule has 2 N–H and O–H groups in total. The number of guanidine groups is 1. The number of nitrogens with one attached hydrogen (secondary N) is 2. The quantitative estimate of drug-likeness (QED) is 0.398. The van der Waals surface area contributed by atoms with Crippen molar-refractivity contribution in [2.45, 2.75) is 59.9 Å². The maximum atomic E-state index is 4.57. The molecule has 0 amide bonds. The standard InChI is InChI=1S/C13H29N3/c1-6-12(5)16-13(14-7-2)15-10-8-9-11(3)4/h11-12H,6-10H2,1-5H3,(H2,14,15,16). The van der Waals surface area contributed by atoms with Crippen molar-refractivity contribution in [1.82, 2.24) is 10.6 Å². The molecule has 0 aliphatic heterocycles. The zero-order valence-corrected chi connectivity index (χ0v) is 11.6. The maximum absolute atomic E-state index is 4.57. The van der Waals surface area contributed by atoms with E-state index >= 15 is 0 Å². The van der Waals surface area contributed by atoms with Crippen LogP contribution in [0.25, 0.3) is 0 Å². The lowest BCUT2D eigenvalue weighted by atomic mass is 10.1. The molecule has 0 aromatic heterocycles. The third-order valence-corrected chi connectivity index (χ3v) is 2.55. The van der Waals surface area contributed by atoms with E-state index in [1.54, 1.807) is 0 Å². The first-order valence-corrected chi connectivity index (χ1v) is 6.64. The van der Waals surface area contributed by atoms with Gasteiger partial charge in [-0.2, -0.15) is 0 Å². The van der Waals surface area contributed by atoms with Crippen molar-refractivity contribution >= 4 is 5.96 Å². The topological polar surface area (TPSA) is 36.4 Å². The summed E-state index contributed by atoms with van der Waals surface area (Å²) in [6.45, 7) is 12.8. The highest BCUT2D eigenvalue weighted by Crippen LogP contribution is 2.02. The summed E-state index contributed by atoms with van der Waals surface area (Å²) >= 11 is 0. The largest absolute Gasteiger partial charge is 0.357 e. The molecule has 1 atom stereocenters. The van der Waals surface area contributed by atoms with Gasteiger partial charge in [-0.25, -0.2) is 0 Å². The second-order valence-electron chi connectivity index (χ2n) is 4.75. The molecule has 0 heterocycles. The molecule has 0 saturated carbocycles. The van der Waals surface area contributed by atoms with Crippen LogP contribution in [0.15, 0.2) is 4.99 Å². The molecule has 16 heavy (non-hydrogen) atoms. The zero-order chi connectivity index (χ0) is 12.4. The Hall–Kier alpha value is -0.730. The van der Waals surface area contributed by atoms with E-state index in [0.717, 1.165) is 31.4 Å². The van der Waals surface area contributed by atoms with Crippen LogP contribution in [0.3, 0.4) is 0 Å². The van der Waals surface area contributed by atoms with Crippen molar-refractivity contribution in [2.75, 3.05) is 13.1 Å². The molecular weight excluding hydrogens is 198 g/mol. The van der Waals surface area contributed by atoms with Gasteiger partial charge in [-0.15, -0.1) is 0 Å². The van der Waals surface area contributed by atoms with Crippen LogP contribution in [0.4, 0.5) is 0 Å². The zero-order valence-electron chi connectivity index (χ0n) is 11.6. The van der Waals surface area contributed by atoms with Crippen molar-refractivity contribution in [3.63, 3.8) is 0 Å². The van der Waals surface area contributed by atoms with E-state index in [4.69, 9.17) is 0 Å². The molecule has 0 aliphatic carbocycles. The fourth-order valence-electron chi connectivity index (χ4n) is 1.35. The molecule has 3 nitrogen and oxygen atoms in total. The summed E-state index contributed by atoms with van der Waals surface area (Å²) in [6, 6.07) is 0.489. The Morgan fingerprint density at radius 2 is 1.88 bits per heavy atom. The van der Waals surface area contributed by atoms with Crippen molar-refractivity contribution < 1.29 is 0 Å². The van der Waals surface area contributed by atoms with Crippen molar-refractivity contribution in [3.05, 3.63) is 0 Å². The first-order chi connectivity index (χ1) is 7.60. The third kappa shape index (κ3) is 8.57. The van der Waals surface area contributed by atoms with Gasteiger partial charge in [0.1, 0.15) is 0 Å². The molecule has 3 heteroatoms. The van der Waals surface area contributed by atoms with E-state index < -0.39 is 0 Å². The summed E-state index contributed by atoms with van der Waals surface area (Å²) in [4.78, 5) is 4.57. The second kappa shape index (κ2) is 9.49. The van der Waals surface area contributed by atoms with Crippen LogP contribution in [0, 0.1) is 5.92 Å². The minimum Gasteiger partial charge on any atom is -0.357 e. The Balaban J connectivity index is 3.93. The summed E-state index contributed by atoms with van der Waals surface area (Å²) in [7, 11) is 0. The SMILES string of the molecule is CCNC(=NCCCC(C)C)NC(C)CC. The van der Waals surface area contributed by atoms with Gasteiger partial charge in [0.05, 0.1) is 0 Å². The first kappa shape index (κ1) is 15.3. The maximum Gasteiger partial charge on any atom is 0.191 e. The van der Waals surface area contributed by atoms with Crippen LogP contribution in [0.2, 0.25) is 0 Å². The van der Waals surface area contributed by atoms with Gasteiger partial charge in [0, 0.05) is 19.1 Å². The molecule has 96 valence electrons. The highest BCUT2D eigenvalue weighted by Gasteiger charge is 2.01. The molecule has 0 aromatic carbocycles. The number of hydrogen-bond acceptors (Lipinski definition) is 1. The van der Waals surface area contributed by atoms with Crippen molar-refractivity contribution in [3.8, 4) is 0 Å². The van der Waals surface area contributed by atoms with Gasteiger partial charge >= 0.3 is 0 Å². The van der Waals surface area contributed by atoms with E-state index in [1.165, 1.54) is 12.8 Å². The smallest absolute Gasteiger partial charge is 0.191 e. The fraction of sp³-hybridized carbons (Fsp3) is 0.923. The molecular formula is C13H29N3. The monoisotopic (exact) mass is 227 g/mol. The lowest BCUT2D eigenvalue weighted by molar-refractivity contribution is 0.558.